The van der Waals surface area contributed by atoms with Gasteiger partial charge in [0.2, 0.25) is 0 Å². The van der Waals surface area contributed by atoms with Gasteiger partial charge < -0.3 is 0 Å². The van der Waals surface area contributed by atoms with Gasteiger partial charge in [0, 0.05) is 12.8 Å². The molecule has 0 heteroatoms. The fraction of sp³-hybridized carbons (Fsp3) is 0.895. The van der Waals surface area contributed by atoms with E-state index < -0.39 is 0 Å². The van der Waals surface area contributed by atoms with Crippen molar-refractivity contribution in [1.29, 1.82) is 0 Å². The second-order valence-electron chi connectivity index (χ2n) is 6.03. The SMILES string of the molecule is CCCCCCC#CCC(C)CCCCCCCC. The molecule has 0 nitrogen and oxygen atoms in total. The summed E-state index contributed by atoms with van der Waals surface area (Å²) in [5, 5.41) is 0. The van der Waals surface area contributed by atoms with Crippen molar-refractivity contribution in [3.05, 3.63) is 0 Å². The van der Waals surface area contributed by atoms with Crippen molar-refractivity contribution in [3.8, 4) is 11.8 Å². The Kier molecular flexibility index (Phi) is 15.3. The molecular formula is C19H36. The molecule has 0 heterocycles. The molecule has 0 amide bonds. The second kappa shape index (κ2) is 15.6. The zero-order chi connectivity index (χ0) is 14.2. The van der Waals surface area contributed by atoms with Gasteiger partial charge in [-0.05, 0) is 18.8 Å². The van der Waals surface area contributed by atoms with E-state index in [0.717, 1.165) is 18.8 Å². The van der Waals surface area contributed by atoms with Crippen molar-refractivity contribution >= 4 is 0 Å². The Balaban J connectivity index is 3.29. The first-order valence-electron chi connectivity index (χ1n) is 8.77. The van der Waals surface area contributed by atoms with E-state index in [2.05, 4.69) is 32.6 Å². The van der Waals surface area contributed by atoms with Crippen LogP contribution in [0.25, 0.3) is 0 Å². The van der Waals surface area contributed by atoms with E-state index in [1.165, 1.54) is 70.6 Å². The van der Waals surface area contributed by atoms with Crippen LogP contribution in [0.3, 0.4) is 0 Å². The van der Waals surface area contributed by atoms with E-state index in [1.807, 2.05) is 0 Å². The van der Waals surface area contributed by atoms with Crippen LogP contribution in [0.5, 0.6) is 0 Å². The Labute approximate surface area is 122 Å². The third-order valence-corrected chi connectivity index (χ3v) is 3.78. The molecule has 0 aromatic carbocycles. The number of rotatable bonds is 12. The lowest BCUT2D eigenvalue weighted by Crippen LogP contribution is -1.93. The molecule has 0 rings (SSSR count). The minimum atomic E-state index is 0.800. The topological polar surface area (TPSA) is 0 Å². The molecule has 0 aliphatic carbocycles. The van der Waals surface area contributed by atoms with Gasteiger partial charge in [-0.3, -0.25) is 0 Å². The van der Waals surface area contributed by atoms with Crippen molar-refractivity contribution in [1.82, 2.24) is 0 Å². The van der Waals surface area contributed by atoms with Gasteiger partial charge >= 0.3 is 0 Å². The van der Waals surface area contributed by atoms with Crippen LogP contribution in [0.15, 0.2) is 0 Å². The van der Waals surface area contributed by atoms with Gasteiger partial charge in [-0.25, -0.2) is 0 Å². The molecule has 0 aliphatic rings. The van der Waals surface area contributed by atoms with E-state index in [9.17, 15) is 0 Å². The first kappa shape index (κ1) is 18.6. The van der Waals surface area contributed by atoms with Crippen LogP contribution >= 0.6 is 0 Å². The highest BCUT2D eigenvalue weighted by Gasteiger charge is 1.99. The molecule has 0 aromatic rings. The first-order valence-corrected chi connectivity index (χ1v) is 8.77. The maximum absolute atomic E-state index is 3.37. The Morgan fingerprint density at radius 3 is 1.95 bits per heavy atom. The first-order chi connectivity index (χ1) is 9.31. The molecule has 0 aliphatic heterocycles. The standard InChI is InChI=1S/C19H36/c1-4-6-8-10-12-14-16-18-19(3)17-15-13-11-9-7-5-2/h19H,4-13,15,17-18H2,1-3H3. The fourth-order valence-corrected chi connectivity index (χ4v) is 2.35. The summed E-state index contributed by atoms with van der Waals surface area (Å²) in [6, 6.07) is 0. The molecule has 1 unspecified atom stereocenters. The quantitative estimate of drug-likeness (QED) is 0.270. The second-order valence-corrected chi connectivity index (χ2v) is 6.03. The molecule has 0 aromatic heterocycles. The van der Waals surface area contributed by atoms with Crippen molar-refractivity contribution < 1.29 is 0 Å². The van der Waals surface area contributed by atoms with Crippen LogP contribution in [-0.4, -0.2) is 0 Å². The minimum Gasteiger partial charge on any atom is -0.103 e. The van der Waals surface area contributed by atoms with Gasteiger partial charge in [0.15, 0.2) is 0 Å². The molecular weight excluding hydrogens is 228 g/mol. The molecule has 0 saturated heterocycles. The van der Waals surface area contributed by atoms with E-state index in [0.29, 0.717) is 0 Å². The molecule has 0 bridgehead atoms. The van der Waals surface area contributed by atoms with E-state index >= 15 is 0 Å². The molecule has 19 heavy (non-hydrogen) atoms. The van der Waals surface area contributed by atoms with Crippen LogP contribution in [0.2, 0.25) is 0 Å². The largest absolute Gasteiger partial charge is 0.103 e. The minimum absolute atomic E-state index is 0.800. The lowest BCUT2D eigenvalue weighted by atomic mass is 9.99. The summed E-state index contributed by atoms with van der Waals surface area (Å²) in [4.78, 5) is 0. The van der Waals surface area contributed by atoms with E-state index in [1.54, 1.807) is 0 Å². The monoisotopic (exact) mass is 264 g/mol. The zero-order valence-corrected chi connectivity index (χ0v) is 13.8. The van der Waals surface area contributed by atoms with Crippen LogP contribution in [0.1, 0.15) is 104 Å². The molecule has 1 atom stereocenters. The highest BCUT2D eigenvalue weighted by atomic mass is 14.0. The Hall–Kier alpha value is -0.440. The van der Waals surface area contributed by atoms with Gasteiger partial charge in [-0.2, -0.15) is 0 Å². The normalized spacial score (nSPS) is 11.9. The summed E-state index contributed by atoms with van der Waals surface area (Å²) < 4.78 is 0. The predicted molar refractivity (Wildman–Crippen MR) is 88.3 cm³/mol. The lowest BCUT2D eigenvalue weighted by molar-refractivity contribution is 0.492. The van der Waals surface area contributed by atoms with Crippen LogP contribution in [0, 0.1) is 17.8 Å². The van der Waals surface area contributed by atoms with Crippen molar-refractivity contribution in [2.75, 3.05) is 0 Å². The number of hydrogen-bond donors (Lipinski definition) is 0. The summed E-state index contributed by atoms with van der Waals surface area (Å²) in [5.74, 6) is 7.52. The Morgan fingerprint density at radius 2 is 1.26 bits per heavy atom. The molecule has 0 spiro atoms. The predicted octanol–water partition coefficient (Wildman–Crippen LogP) is 6.74. The molecule has 112 valence electrons. The summed E-state index contributed by atoms with van der Waals surface area (Å²) in [5.41, 5.74) is 0. The van der Waals surface area contributed by atoms with Crippen LogP contribution < -0.4 is 0 Å². The van der Waals surface area contributed by atoms with Crippen molar-refractivity contribution in [2.45, 2.75) is 104 Å². The maximum atomic E-state index is 3.37. The van der Waals surface area contributed by atoms with E-state index in [4.69, 9.17) is 0 Å². The summed E-state index contributed by atoms with van der Waals surface area (Å²) in [6.45, 7) is 6.90. The lowest BCUT2D eigenvalue weighted by Gasteiger charge is -2.06. The summed E-state index contributed by atoms with van der Waals surface area (Å²) >= 11 is 0. The molecule has 0 N–H and O–H groups in total. The van der Waals surface area contributed by atoms with Crippen LogP contribution in [-0.2, 0) is 0 Å². The number of hydrogen-bond acceptors (Lipinski definition) is 0. The third-order valence-electron chi connectivity index (χ3n) is 3.78. The fourth-order valence-electron chi connectivity index (χ4n) is 2.35. The summed E-state index contributed by atoms with van der Waals surface area (Å²) in [6.07, 6.45) is 17.4. The third kappa shape index (κ3) is 15.5. The Morgan fingerprint density at radius 1 is 0.684 bits per heavy atom. The van der Waals surface area contributed by atoms with Gasteiger partial charge in [-0.1, -0.05) is 78.6 Å². The highest BCUT2D eigenvalue weighted by Crippen LogP contribution is 2.14. The van der Waals surface area contributed by atoms with E-state index in [-0.39, 0.29) is 0 Å². The van der Waals surface area contributed by atoms with Crippen LogP contribution in [0.4, 0.5) is 0 Å². The number of unbranched alkanes of at least 4 members (excludes halogenated alkanes) is 9. The van der Waals surface area contributed by atoms with Gasteiger partial charge in [-0.15, -0.1) is 11.8 Å². The zero-order valence-electron chi connectivity index (χ0n) is 13.8. The van der Waals surface area contributed by atoms with Gasteiger partial charge in [0.05, 0.1) is 0 Å². The van der Waals surface area contributed by atoms with Gasteiger partial charge in [0.1, 0.15) is 0 Å². The maximum Gasteiger partial charge on any atom is 0.0114 e. The van der Waals surface area contributed by atoms with Crippen molar-refractivity contribution in [2.24, 2.45) is 5.92 Å². The molecule has 0 fully saturated rings. The van der Waals surface area contributed by atoms with Crippen molar-refractivity contribution in [3.63, 3.8) is 0 Å². The van der Waals surface area contributed by atoms with Gasteiger partial charge in [0.25, 0.3) is 0 Å². The molecule has 0 radical (unpaired) electrons. The smallest absolute Gasteiger partial charge is 0.0114 e. The highest BCUT2D eigenvalue weighted by molar-refractivity contribution is 4.99. The average Bonchev–Trinajstić information content (AvgIpc) is 2.41. The average molecular weight is 264 g/mol. The Bertz CT molecular complexity index is 218. The summed E-state index contributed by atoms with van der Waals surface area (Å²) in [7, 11) is 0. The molecule has 0 saturated carbocycles.